The van der Waals surface area contributed by atoms with Crippen molar-refractivity contribution in [2.45, 2.75) is 13.0 Å². The first-order valence-corrected chi connectivity index (χ1v) is 7.28. The van der Waals surface area contributed by atoms with Crippen molar-refractivity contribution in [1.82, 2.24) is 5.32 Å². The van der Waals surface area contributed by atoms with Gasteiger partial charge in [-0.25, -0.2) is 0 Å². The first-order chi connectivity index (χ1) is 9.66. The zero-order valence-corrected chi connectivity index (χ0v) is 12.8. The monoisotopic (exact) mass is 309 g/mol. The fourth-order valence-corrected chi connectivity index (χ4v) is 2.50. The summed E-state index contributed by atoms with van der Waals surface area (Å²) >= 11 is 12.1. The molecule has 2 aromatic carbocycles. The molecule has 106 valence electrons. The van der Waals surface area contributed by atoms with Crippen LogP contribution in [-0.4, -0.2) is 13.2 Å². The molecule has 1 unspecified atom stereocenters. The molecule has 0 aliphatic heterocycles. The van der Waals surface area contributed by atoms with Crippen molar-refractivity contribution < 1.29 is 4.74 Å². The molecule has 1 N–H and O–H groups in total. The van der Waals surface area contributed by atoms with E-state index in [1.54, 1.807) is 6.07 Å². The molecule has 4 heteroatoms. The zero-order valence-electron chi connectivity index (χ0n) is 11.3. The molecule has 2 nitrogen and oxygen atoms in total. The van der Waals surface area contributed by atoms with Gasteiger partial charge in [-0.15, -0.1) is 0 Å². The Bertz CT molecular complexity index is 545. The van der Waals surface area contributed by atoms with E-state index in [9.17, 15) is 0 Å². The third-order valence-electron chi connectivity index (χ3n) is 2.99. The highest BCUT2D eigenvalue weighted by atomic mass is 35.5. The third kappa shape index (κ3) is 4.41. The van der Waals surface area contributed by atoms with Gasteiger partial charge in [0.25, 0.3) is 0 Å². The molecule has 0 aliphatic carbocycles. The summed E-state index contributed by atoms with van der Waals surface area (Å²) in [4.78, 5) is 0. The van der Waals surface area contributed by atoms with Crippen molar-refractivity contribution in [3.8, 4) is 5.75 Å². The lowest BCUT2D eigenvalue weighted by Gasteiger charge is -2.16. The van der Waals surface area contributed by atoms with Crippen LogP contribution in [0.3, 0.4) is 0 Å². The molecule has 0 aromatic heterocycles. The maximum Gasteiger partial charge on any atom is 0.119 e. The van der Waals surface area contributed by atoms with Crippen LogP contribution in [0.25, 0.3) is 0 Å². The van der Waals surface area contributed by atoms with Crippen LogP contribution in [0.15, 0.2) is 48.5 Å². The maximum absolute atomic E-state index is 6.18. The smallest absolute Gasteiger partial charge is 0.119 e. The molecule has 0 fully saturated rings. The third-order valence-corrected chi connectivity index (χ3v) is 3.56. The van der Waals surface area contributed by atoms with E-state index in [1.807, 2.05) is 42.5 Å². The number of para-hydroxylation sites is 1. The Balaban J connectivity index is 1.79. The molecular formula is C16H17Cl2NO. The van der Waals surface area contributed by atoms with Gasteiger partial charge in [0.2, 0.25) is 0 Å². The van der Waals surface area contributed by atoms with E-state index < -0.39 is 0 Å². The average Bonchev–Trinajstić information content (AvgIpc) is 2.44. The lowest BCUT2D eigenvalue weighted by Crippen LogP contribution is -2.24. The van der Waals surface area contributed by atoms with Gasteiger partial charge in [0.1, 0.15) is 12.4 Å². The van der Waals surface area contributed by atoms with Crippen LogP contribution in [0.4, 0.5) is 0 Å². The van der Waals surface area contributed by atoms with E-state index in [0.29, 0.717) is 16.7 Å². The van der Waals surface area contributed by atoms with Crippen LogP contribution in [0.2, 0.25) is 10.0 Å². The van der Waals surface area contributed by atoms with Crippen molar-refractivity contribution in [1.29, 1.82) is 0 Å². The van der Waals surface area contributed by atoms with E-state index in [4.69, 9.17) is 27.9 Å². The van der Waals surface area contributed by atoms with Crippen LogP contribution in [0, 0.1) is 0 Å². The Morgan fingerprint density at radius 1 is 1.10 bits per heavy atom. The number of rotatable bonds is 6. The standard InChI is InChI=1S/C16H17Cl2NO/c1-12(15-8-7-13(17)11-16(15)18)19-9-10-20-14-5-3-2-4-6-14/h2-8,11-12,19H,9-10H2,1H3. The van der Waals surface area contributed by atoms with Gasteiger partial charge in [-0.2, -0.15) is 0 Å². The molecular weight excluding hydrogens is 293 g/mol. The van der Waals surface area contributed by atoms with Gasteiger partial charge in [0.05, 0.1) is 0 Å². The summed E-state index contributed by atoms with van der Waals surface area (Å²) < 4.78 is 5.63. The number of nitrogens with one attached hydrogen (secondary N) is 1. The van der Waals surface area contributed by atoms with Crippen LogP contribution < -0.4 is 10.1 Å². The minimum Gasteiger partial charge on any atom is -0.492 e. The maximum atomic E-state index is 6.18. The fraction of sp³-hybridized carbons (Fsp3) is 0.250. The van der Waals surface area contributed by atoms with E-state index in [-0.39, 0.29) is 6.04 Å². The van der Waals surface area contributed by atoms with Crippen molar-refractivity contribution in [3.05, 3.63) is 64.1 Å². The Kier molecular flexibility index (Phi) is 5.72. The summed E-state index contributed by atoms with van der Waals surface area (Å²) in [5.41, 5.74) is 1.04. The summed E-state index contributed by atoms with van der Waals surface area (Å²) in [7, 11) is 0. The quantitative estimate of drug-likeness (QED) is 0.779. The lowest BCUT2D eigenvalue weighted by molar-refractivity contribution is 0.307. The van der Waals surface area contributed by atoms with E-state index in [2.05, 4.69) is 12.2 Å². The topological polar surface area (TPSA) is 21.3 Å². The molecule has 0 radical (unpaired) electrons. The SMILES string of the molecule is CC(NCCOc1ccccc1)c1ccc(Cl)cc1Cl. The average molecular weight is 310 g/mol. The first kappa shape index (κ1) is 15.2. The predicted octanol–water partition coefficient (Wildman–Crippen LogP) is 4.72. The Labute approximate surface area is 129 Å². The molecule has 0 saturated heterocycles. The second-order valence-corrected chi connectivity index (χ2v) is 5.35. The van der Waals surface area contributed by atoms with Crippen LogP contribution in [0.5, 0.6) is 5.75 Å². The van der Waals surface area contributed by atoms with Crippen LogP contribution in [-0.2, 0) is 0 Å². The van der Waals surface area contributed by atoms with Crippen molar-refractivity contribution >= 4 is 23.2 Å². The Morgan fingerprint density at radius 2 is 1.85 bits per heavy atom. The Hall–Kier alpha value is -1.22. The second kappa shape index (κ2) is 7.53. The van der Waals surface area contributed by atoms with Gasteiger partial charge in [-0.05, 0) is 36.8 Å². The molecule has 20 heavy (non-hydrogen) atoms. The highest BCUT2D eigenvalue weighted by Gasteiger charge is 2.09. The van der Waals surface area contributed by atoms with Crippen molar-refractivity contribution in [2.24, 2.45) is 0 Å². The zero-order chi connectivity index (χ0) is 14.4. The number of benzene rings is 2. The number of halogens is 2. The highest BCUT2D eigenvalue weighted by Crippen LogP contribution is 2.25. The van der Waals surface area contributed by atoms with Gasteiger partial charge in [-0.1, -0.05) is 47.5 Å². The first-order valence-electron chi connectivity index (χ1n) is 6.53. The van der Waals surface area contributed by atoms with Gasteiger partial charge in [0.15, 0.2) is 0 Å². The number of hydrogen-bond acceptors (Lipinski definition) is 2. The van der Waals surface area contributed by atoms with Crippen molar-refractivity contribution in [3.63, 3.8) is 0 Å². The molecule has 0 spiro atoms. The minimum atomic E-state index is 0.152. The second-order valence-electron chi connectivity index (χ2n) is 4.50. The lowest BCUT2D eigenvalue weighted by atomic mass is 10.1. The summed E-state index contributed by atoms with van der Waals surface area (Å²) in [6.45, 7) is 3.42. The van der Waals surface area contributed by atoms with E-state index in [0.717, 1.165) is 17.9 Å². The van der Waals surface area contributed by atoms with Crippen molar-refractivity contribution in [2.75, 3.05) is 13.2 Å². The van der Waals surface area contributed by atoms with Gasteiger partial charge >= 0.3 is 0 Å². The fourth-order valence-electron chi connectivity index (χ4n) is 1.92. The van der Waals surface area contributed by atoms with Crippen LogP contribution >= 0.6 is 23.2 Å². The van der Waals surface area contributed by atoms with Gasteiger partial charge < -0.3 is 10.1 Å². The molecule has 0 saturated carbocycles. The molecule has 0 heterocycles. The molecule has 1 atom stereocenters. The molecule has 2 aromatic rings. The van der Waals surface area contributed by atoms with Crippen LogP contribution in [0.1, 0.15) is 18.5 Å². The van der Waals surface area contributed by atoms with E-state index in [1.165, 1.54) is 0 Å². The number of hydrogen-bond donors (Lipinski definition) is 1. The Morgan fingerprint density at radius 3 is 2.55 bits per heavy atom. The molecule has 0 aliphatic rings. The minimum absolute atomic E-state index is 0.152. The summed E-state index contributed by atoms with van der Waals surface area (Å²) in [6.07, 6.45) is 0. The van der Waals surface area contributed by atoms with Gasteiger partial charge in [0, 0.05) is 22.6 Å². The molecule has 0 amide bonds. The summed E-state index contributed by atoms with van der Waals surface area (Å²) in [5.74, 6) is 0.881. The molecule has 0 bridgehead atoms. The molecule has 2 rings (SSSR count). The summed E-state index contributed by atoms with van der Waals surface area (Å²) in [6, 6.07) is 15.5. The normalized spacial score (nSPS) is 12.2. The highest BCUT2D eigenvalue weighted by molar-refractivity contribution is 6.35. The summed E-state index contributed by atoms with van der Waals surface area (Å²) in [5, 5.41) is 4.71. The van der Waals surface area contributed by atoms with Gasteiger partial charge in [-0.3, -0.25) is 0 Å². The predicted molar refractivity (Wildman–Crippen MR) is 84.8 cm³/mol. The number of ether oxygens (including phenoxy) is 1. The van der Waals surface area contributed by atoms with E-state index >= 15 is 0 Å². The largest absolute Gasteiger partial charge is 0.492 e.